The van der Waals surface area contributed by atoms with Gasteiger partial charge >= 0.3 is 0 Å². The quantitative estimate of drug-likeness (QED) is 0.724. The van der Waals surface area contributed by atoms with Crippen LogP contribution in [0.1, 0.15) is 39.7 Å². The lowest BCUT2D eigenvalue weighted by Crippen LogP contribution is -2.42. The van der Waals surface area contributed by atoms with E-state index in [1.54, 1.807) is 13.1 Å². The lowest BCUT2D eigenvalue weighted by molar-refractivity contribution is 0.133. The average molecular weight is 252 g/mol. The molecule has 102 valence electrons. The number of hydrogen-bond donors (Lipinski definition) is 3. The first-order valence-electron chi connectivity index (χ1n) is 6.40. The summed E-state index contributed by atoms with van der Waals surface area (Å²) in [6, 6.07) is 0. The number of aliphatic hydroxyl groups is 1. The second kappa shape index (κ2) is 6.00. The van der Waals surface area contributed by atoms with Crippen LogP contribution in [0, 0.1) is 6.92 Å². The van der Waals surface area contributed by atoms with E-state index in [1.165, 1.54) is 0 Å². The molecule has 5 heteroatoms. The Hall–Kier alpha value is -1.36. The number of nitrogens with zero attached hydrogens (tertiary/aromatic N) is 2. The largest absolute Gasteiger partial charge is 0.391 e. The van der Waals surface area contributed by atoms with E-state index in [4.69, 9.17) is 0 Å². The van der Waals surface area contributed by atoms with Crippen LogP contribution in [0.25, 0.3) is 0 Å². The van der Waals surface area contributed by atoms with E-state index < -0.39 is 11.6 Å². The van der Waals surface area contributed by atoms with Gasteiger partial charge in [-0.2, -0.15) is 4.98 Å². The van der Waals surface area contributed by atoms with Gasteiger partial charge in [0.05, 0.1) is 11.6 Å². The van der Waals surface area contributed by atoms with Gasteiger partial charge in [-0.05, 0) is 34.1 Å². The maximum atomic E-state index is 9.72. The summed E-state index contributed by atoms with van der Waals surface area (Å²) in [7, 11) is 0. The van der Waals surface area contributed by atoms with Crippen molar-refractivity contribution < 1.29 is 5.11 Å². The summed E-state index contributed by atoms with van der Waals surface area (Å²) >= 11 is 0. The topological polar surface area (TPSA) is 70.1 Å². The van der Waals surface area contributed by atoms with E-state index in [2.05, 4.69) is 27.5 Å². The number of rotatable bonds is 6. The van der Waals surface area contributed by atoms with Crippen molar-refractivity contribution in [3.63, 3.8) is 0 Å². The van der Waals surface area contributed by atoms with Gasteiger partial charge in [0.15, 0.2) is 0 Å². The van der Waals surface area contributed by atoms with Gasteiger partial charge in [0.2, 0.25) is 5.95 Å². The van der Waals surface area contributed by atoms with Gasteiger partial charge in [-0.25, -0.2) is 4.98 Å². The zero-order valence-corrected chi connectivity index (χ0v) is 11.9. The van der Waals surface area contributed by atoms with Crippen LogP contribution in [0.4, 0.5) is 11.8 Å². The molecule has 0 fully saturated rings. The van der Waals surface area contributed by atoms with Crippen molar-refractivity contribution in [2.75, 3.05) is 17.2 Å². The summed E-state index contributed by atoms with van der Waals surface area (Å²) in [5, 5.41) is 16.1. The normalized spacial score (nSPS) is 13.2. The highest BCUT2D eigenvalue weighted by molar-refractivity contribution is 5.48. The molecule has 5 nitrogen and oxygen atoms in total. The maximum Gasteiger partial charge on any atom is 0.224 e. The standard InChI is InChI=1S/C13H24N4O/c1-6-7-14-12-15-8-9(2)11(16-12)17-13(4,5)10(3)18/h8,10,18H,6-7H2,1-5H3,(H2,14,15,16,17). The molecule has 3 N–H and O–H groups in total. The van der Waals surface area contributed by atoms with Gasteiger partial charge in [-0.3, -0.25) is 0 Å². The van der Waals surface area contributed by atoms with Crippen LogP contribution in [0.5, 0.6) is 0 Å². The molecule has 0 bridgehead atoms. The predicted octanol–water partition coefficient (Wildman–Crippen LogP) is 2.18. The number of hydrogen-bond acceptors (Lipinski definition) is 5. The minimum atomic E-state index is -0.473. The SMILES string of the molecule is CCCNc1ncc(C)c(NC(C)(C)C(C)O)n1. The monoisotopic (exact) mass is 252 g/mol. The van der Waals surface area contributed by atoms with Gasteiger partial charge in [-0.15, -0.1) is 0 Å². The number of nitrogens with one attached hydrogen (secondary N) is 2. The van der Waals surface area contributed by atoms with Crippen LogP contribution in [0.3, 0.4) is 0 Å². The Kier molecular flexibility index (Phi) is 4.90. The molecule has 0 amide bonds. The zero-order chi connectivity index (χ0) is 13.8. The molecule has 0 saturated carbocycles. The summed E-state index contributed by atoms with van der Waals surface area (Å²) in [5.74, 6) is 1.38. The van der Waals surface area contributed by atoms with Crippen molar-refractivity contribution in [1.29, 1.82) is 0 Å². The second-order valence-corrected chi connectivity index (χ2v) is 5.17. The third-order valence-electron chi connectivity index (χ3n) is 2.99. The highest BCUT2D eigenvalue weighted by Crippen LogP contribution is 2.20. The molecule has 1 atom stereocenters. The summed E-state index contributed by atoms with van der Waals surface area (Å²) in [6.45, 7) is 10.5. The van der Waals surface area contributed by atoms with Gasteiger partial charge in [-0.1, -0.05) is 6.92 Å². The number of anilines is 2. The Morgan fingerprint density at radius 2 is 2.11 bits per heavy atom. The van der Waals surface area contributed by atoms with Gasteiger partial charge in [0.1, 0.15) is 5.82 Å². The van der Waals surface area contributed by atoms with Crippen molar-refractivity contribution in [2.45, 2.75) is 52.7 Å². The molecule has 0 aromatic carbocycles. The van der Waals surface area contributed by atoms with Crippen LogP contribution in [-0.4, -0.2) is 33.3 Å². The Morgan fingerprint density at radius 3 is 2.67 bits per heavy atom. The van der Waals surface area contributed by atoms with Crippen LogP contribution in [0.15, 0.2) is 6.20 Å². The molecular formula is C13H24N4O. The summed E-state index contributed by atoms with van der Waals surface area (Å²) in [4.78, 5) is 8.66. The molecule has 1 unspecified atom stereocenters. The Balaban J connectivity index is 2.87. The van der Waals surface area contributed by atoms with Crippen LogP contribution < -0.4 is 10.6 Å². The minimum absolute atomic E-state index is 0.429. The smallest absolute Gasteiger partial charge is 0.224 e. The molecule has 0 aliphatic carbocycles. The third-order valence-corrected chi connectivity index (χ3v) is 2.99. The molecule has 18 heavy (non-hydrogen) atoms. The Morgan fingerprint density at radius 1 is 1.44 bits per heavy atom. The fourth-order valence-electron chi connectivity index (χ4n) is 1.30. The highest BCUT2D eigenvalue weighted by Gasteiger charge is 2.25. The lowest BCUT2D eigenvalue weighted by Gasteiger charge is -2.30. The molecule has 1 aromatic rings. The Bertz CT molecular complexity index is 391. The Labute approximate surface area is 109 Å². The van der Waals surface area contributed by atoms with E-state index in [1.807, 2.05) is 20.8 Å². The maximum absolute atomic E-state index is 9.72. The number of aliphatic hydroxyl groups excluding tert-OH is 1. The molecule has 1 aromatic heterocycles. The first-order chi connectivity index (χ1) is 8.36. The number of aryl methyl sites for hydroxylation is 1. The molecule has 1 rings (SSSR count). The van der Waals surface area contributed by atoms with Crippen LogP contribution in [0.2, 0.25) is 0 Å². The van der Waals surface area contributed by atoms with Crippen molar-refractivity contribution >= 4 is 11.8 Å². The van der Waals surface area contributed by atoms with E-state index in [-0.39, 0.29) is 0 Å². The van der Waals surface area contributed by atoms with E-state index in [9.17, 15) is 5.11 Å². The summed E-state index contributed by atoms with van der Waals surface area (Å²) in [6.07, 6.45) is 2.34. The van der Waals surface area contributed by atoms with Crippen LogP contribution in [-0.2, 0) is 0 Å². The lowest BCUT2D eigenvalue weighted by atomic mass is 9.98. The van der Waals surface area contributed by atoms with Crippen molar-refractivity contribution in [3.8, 4) is 0 Å². The van der Waals surface area contributed by atoms with Crippen molar-refractivity contribution in [3.05, 3.63) is 11.8 Å². The highest BCUT2D eigenvalue weighted by atomic mass is 16.3. The third kappa shape index (κ3) is 3.84. The molecule has 0 radical (unpaired) electrons. The summed E-state index contributed by atoms with van der Waals surface area (Å²) < 4.78 is 0. The van der Waals surface area contributed by atoms with Gasteiger partial charge in [0.25, 0.3) is 0 Å². The first kappa shape index (κ1) is 14.7. The second-order valence-electron chi connectivity index (χ2n) is 5.17. The number of aromatic nitrogens is 2. The average Bonchev–Trinajstić information content (AvgIpc) is 2.29. The first-order valence-corrected chi connectivity index (χ1v) is 6.40. The zero-order valence-electron chi connectivity index (χ0n) is 11.9. The van der Waals surface area contributed by atoms with Crippen molar-refractivity contribution in [2.24, 2.45) is 0 Å². The molecular weight excluding hydrogens is 228 g/mol. The molecule has 0 aliphatic rings. The summed E-state index contributed by atoms with van der Waals surface area (Å²) in [5.41, 5.74) is 0.534. The molecule has 0 aliphatic heterocycles. The van der Waals surface area contributed by atoms with Crippen LogP contribution >= 0.6 is 0 Å². The van der Waals surface area contributed by atoms with Gasteiger partial charge < -0.3 is 15.7 Å². The molecule has 0 saturated heterocycles. The van der Waals surface area contributed by atoms with E-state index >= 15 is 0 Å². The van der Waals surface area contributed by atoms with Gasteiger partial charge in [0, 0.05) is 18.3 Å². The predicted molar refractivity (Wildman–Crippen MR) is 74.9 cm³/mol. The molecule has 1 heterocycles. The van der Waals surface area contributed by atoms with E-state index in [0.29, 0.717) is 5.95 Å². The minimum Gasteiger partial charge on any atom is -0.391 e. The van der Waals surface area contributed by atoms with Crippen molar-refractivity contribution in [1.82, 2.24) is 9.97 Å². The molecule has 0 spiro atoms. The fourth-order valence-corrected chi connectivity index (χ4v) is 1.30. The van der Waals surface area contributed by atoms with E-state index in [0.717, 1.165) is 24.3 Å². The fraction of sp³-hybridized carbons (Fsp3) is 0.692.